The van der Waals surface area contributed by atoms with Crippen LogP contribution in [0, 0.1) is 13.0 Å². The predicted molar refractivity (Wildman–Crippen MR) is 172 cm³/mol. The number of aliphatic hydroxyl groups excluding tert-OH is 1. The van der Waals surface area contributed by atoms with Crippen LogP contribution >= 0.6 is 11.3 Å². The van der Waals surface area contributed by atoms with Gasteiger partial charge in [0.2, 0.25) is 5.71 Å². The van der Waals surface area contributed by atoms with E-state index in [1.165, 1.54) is 46.9 Å². The fourth-order valence-corrected chi connectivity index (χ4v) is 6.20. The molecule has 3 aromatic carbocycles. The Balaban J connectivity index is 0.000000415. The first-order chi connectivity index (χ1) is 20.4. The fraction of sp³-hybridized carbons (Fsp3) is 0.0833. The molecule has 0 atom stereocenters. The number of aryl methyl sites for hydroxylation is 1. The minimum atomic E-state index is -0.125. The molecular formula is C36H27IrN2O3S-. The van der Waals surface area contributed by atoms with E-state index in [0.29, 0.717) is 5.71 Å². The topological polar surface area (TPSA) is 76.2 Å². The maximum Gasteiger partial charge on any atom is 0.216 e. The van der Waals surface area contributed by atoms with Gasteiger partial charge >= 0.3 is 0 Å². The Labute approximate surface area is 266 Å². The summed E-state index contributed by atoms with van der Waals surface area (Å²) in [7, 11) is 0. The van der Waals surface area contributed by atoms with E-state index in [-0.39, 0.29) is 31.6 Å². The number of pyridine rings is 2. The van der Waals surface area contributed by atoms with Crippen LogP contribution in [0.1, 0.15) is 19.5 Å². The Hall–Kier alpha value is -4.42. The van der Waals surface area contributed by atoms with Crippen molar-refractivity contribution in [1.29, 1.82) is 0 Å². The van der Waals surface area contributed by atoms with Gasteiger partial charge in [-0.05, 0) is 55.1 Å². The van der Waals surface area contributed by atoms with Crippen LogP contribution < -0.4 is 0 Å². The molecule has 0 amide bonds. The Morgan fingerprint density at radius 1 is 0.907 bits per heavy atom. The van der Waals surface area contributed by atoms with Crippen molar-refractivity contribution < 1.29 is 34.4 Å². The summed E-state index contributed by atoms with van der Waals surface area (Å²) in [5.74, 6) is -0.0625. The number of fused-ring (bicyclic) bond motifs is 4. The van der Waals surface area contributed by atoms with Crippen molar-refractivity contribution in [2.24, 2.45) is 0 Å². The number of allylic oxidation sites excluding steroid dienone is 2. The molecule has 0 fully saturated rings. The van der Waals surface area contributed by atoms with E-state index in [1.54, 1.807) is 11.3 Å². The number of aliphatic hydroxyl groups is 1. The molecule has 4 heterocycles. The first kappa shape index (κ1) is 30.1. The minimum Gasteiger partial charge on any atom is -0.512 e. The van der Waals surface area contributed by atoms with Crippen molar-refractivity contribution in [2.75, 3.05) is 0 Å². The largest absolute Gasteiger partial charge is 0.512 e. The maximum atomic E-state index is 10.0. The van der Waals surface area contributed by atoms with Crippen LogP contribution in [-0.2, 0) is 24.9 Å². The van der Waals surface area contributed by atoms with Crippen LogP contribution in [0.25, 0.3) is 65.0 Å². The van der Waals surface area contributed by atoms with E-state index in [9.17, 15) is 4.79 Å². The molecule has 1 radical (unpaired) electrons. The van der Waals surface area contributed by atoms with Crippen molar-refractivity contribution in [3.05, 3.63) is 121 Å². The molecule has 7 rings (SSSR count). The monoisotopic (exact) mass is 760 g/mol. The first-order valence-electron chi connectivity index (χ1n) is 13.5. The van der Waals surface area contributed by atoms with E-state index in [1.807, 2.05) is 31.3 Å². The number of thiophene rings is 1. The number of hydrogen-bond acceptors (Lipinski definition) is 6. The fourth-order valence-electron chi connectivity index (χ4n) is 5.02. The van der Waals surface area contributed by atoms with E-state index in [4.69, 9.17) is 14.5 Å². The van der Waals surface area contributed by atoms with E-state index in [0.717, 1.165) is 38.0 Å². The normalized spacial score (nSPS) is 11.3. The van der Waals surface area contributed by atoms with Crippen LogP contribution in [0.5, 0.6) is 0 Å². The van der Waals surface area contributed by atoms with Gasteiger partial charge in [-0.2, -0.15) is 0 Å². The maximum absolute atomic E-state index is 10.0. The summed E-state index contributed by atoms with van der Waals surface area (Å²) in [4.78, 5) is 20.7. The molecule has 7 aromatic rings. The third-order valence-corrected chi connectivity index (χ3v) is 7.97. The molecule has 43 heavy (non-hydrogen) atoms. The molecule has 0 bridgehead atoms. The molecule has 7 heteroatoms. The number of carbonyl (C=O) groups excluding carboxylic acids is 1. The number of benzene rings is 3. The SMILES string of the molecule is CC(=O)/C=C(/C)O.Cc1ccc2c(n1)oc1c(-c3cc4c(-c5ccccc5)c(-c5ccccc5)sc4cn3)[c-]ccc12.[Ir]. The van der Waals surface area contributed by atoms with Gasteiger partial charge in [0.05, 0.1) is 16.0 Å². The molecule has 4 aromatic heterocycles. The number of furan rings is 1. The number of nitrogens with zero attached hydrogens (tertiary/aromatic N) is 2. The average molecular weight is 760 g/mol. The summed E-state index contributed by atoms with van der Waals surface area (Å²) in [5, 5.41) is 11.6. The molecule has 0 spiro atoms. The summed E-state index contributed by atoms with van der Waals surface area (Å²) in [6, 6.07) is 34.8. The third kappa shape index (κ3) is 6.20. The molecule has 215 valence electrons. The van der Waals surface area contributed by atoms with Crippen molar-refractivity contribution in [3.63, 3.8) is 0 Å². The molecule has 0 saturated carbocycles. The smallest absolute Gasteiger partial charge is 0.216 e. The minimum absolute atomic E-state index is 0. The van der Waals surface area contributed by atoms with Gasteiger partial charge in [-0.3, -0.25) is 4.79 Å². The van der Waals surface area contributed by atoms with Crippen LogP contribution in [0.15, 0.2) is 113 Å². The Kier molecular flexibility index (Phi) is 8.97. The standard InChI is InChI=1S/C31H19N2OS.C5H8O2.Ir/c1-19-15-16-23-22-13-8-14-24(29(22)34-31(23)33-19)26-17-25-27(18-32-26)35-30(21-11-6-3-7-12-21)28(25)20-9-4-2-5-10-20;1-4(6)3-5(2)7;/h2-13,15-18H,1H3;3,6H,1-2H3;/q-1;;/b;4-3-;. The quantitative estimate of drug-likeness (QED) is 0.110. The number of rotatable bonds is 4. The Morgan fingerprint density at radius 2 is 1.60 bits per heavy atom. The van der Waals surface area contributed by atoms with Crippen LogP contribution in [-0.4, -0.2) is 20.9 Å². The zero-order valence-electron chi connectivity index (χ0n) is 23.7. The van der Waals surface area contributed by atoms with Gasteiger partial charge < -0.3 is 14.5 Å². The molecule has 0 unspecified atom stereocenters. The number of ketones is 1. The molecular weight excluding hydrogens is 733 g/mol. The van der Waals surface area contributed by atoms with Crippen molar-refractivity contribution >= 4 is 49.3 Å². The van der Waals surface area contributed by atoms with Gasteiger partial charge in [0.1, 0.15) is 0 Å². The Morgan fingerprint density at radius 3 is 2.26 bits per heavy atom. The van der Waals surface area contributed by atoms with Crippen molar-refractivity contribution in [2.45, 2.75) is 20.8 Å². The summed E-state index contributed by atoms with van der Waals surface area (Å²) in [5.41, 5.74) is 7.68. The van der Waals surface area contributed by atoms with E-state index >= 15 is 0 Å². The number of hydrogen-bond donors (Lipinski definition) is 1. The second kappa shape index (κ2) is 12.8. The summed E-state index contributed by atoms with van der Waals surface area (Å²) in [6.07, 6.45) is 3.14. The summed E-state index contributed by atoms with van der Waals surface area (Å²) in [6.45, 7) is 4.82. The average Bonchev–Trinajstić information content (AvgIpc) is 3.55. The number of carbonyl (C=O) groups is 1. The van der Waals surface area contributed by atoms with Crippen LogP contribution in [0.2, 0.25) is 0 Å². The third-order valence-electron chi connectivity index (χ3n) is 6.78. The van der Waals surface area contributed by atoms with E-state index in [2.05, 4.69) is 83.8 Å². The van der Waals surface area contributed by atoms with E-state index < -0.39 is 0 Å². The van der Waals surface area contributed by atoms with Gasteiger partial charge in [0.15, 0.2) is 5.78 Å². The summed E-state index contributed by atoms with van der Waals surface area (Å²) >= 11 is 1.78. The molecule has 0 aliphatic carbocycles. The van der Waals surface area contributed by atoms with Crippen LogP contribution in [0.4, 0.5) is 0 Å². The predicted octanol–water partition coefficient (Wildman–Crippen LogP) is 9.74. The molecule has 0 saturated heterocycles. The molecule has 0 aliphatic heterocycles. The zero-order valence-corrected chi connectivity index (χ0v) is 26.9. The van der Waals surface area contributed by atoms with Gasteiger partial charge in [0, 0.05) is 53.9 Å². The molecule has 1 N–H and O–H groups in total. The van der Waals surface area contributed by atoms with Crippen molar-refractivity contribution in [1.82, 2.24) is 9.97 Å². The zero-order chi connectivity index (χ0) is 29.2. The van der Waals surface area contributed by atoms with Gasteiger partial charge in [-0.1, -0.05) is 77.7 Å². The van der Waals surface area contributed by atoms with Gasteiger partial charge in [-0.25, -0.2) is 4.98 Å². The first-order valence-corrected chi connectivity index (χ1v) is 14.3. The summed E-state index contributed by atoms with van der Waals surface area (Å²) < 4.78 is 7.39. The van der Waals surface area contributed by atoms with Crippen molar-refractivity contribution in [3.8, 4) is 32.8 Å². The van der Waals surface area contributed by atoms with Crippen LogP contribution in [0.3, 0.4) is 0 Å². The molecule has 5 nitrogen and oxygen atoms in total. The second-order valence-electron chi connectivity index (χ2n) is 10.0. The van der Waals surface area contributed by atoms with Gasteiger partial charge in [-0.15, -0.1) is 29.5 Å². The second-order valence-corrected chi connectivity index (χ2v) is 11.1. The molecule has 0 aliphatic rings. The number of aromatic nitrogens is 2. The Bertz CT molecular complexity index is 2090. The van der Waals surface area contributed by atoms with Gasteiger partial charge in [0.25, 0.3) is 0 Å².